The van der Waals surface area contributed by atoms with Crippen LogP contribution in [-0.4, -0.2) is 57.6 Å². The average molecular weight is 438 g/mol. The molecule has 3 rings (SSSR count). The maximum Gasteiger partial charge on any atom is 0.251 e. The van der Waals surface area contributed by atoms with Crippen molar-refractivity contribution in [3.05, 3.63) is 52.2 Å². The van der Waals surface area contributed by atoms with Crippen molar-refractivity contribution in [2.45, 2.75) is 30.8 Å². The molecule has 0 saturated carbocycles. The van der Waals surface area contributed by atoms with Crippen LogP contribution in [0.2, 0.25) is 0 Å². The first kappa shape index (κ1) is 21.9. The SMILES string of the molecule is CC(C)(CNC(=O)c1cccc(S(=O)(=O)NCc2cccs2)c1)N1CCOCC1. The number of hydrogen-bond acceptors (Lipinski definition) is 6. The number of amides is 1. The van der Waals surface area contributed by atoms with Gasteiger partial charge < -0.3 is 10.1 Å². The molecule has 0 radical (unpaired) electrons. The van der Waals surface area contributed by atoms with E-state index in [4.69, 9.17) is 4.74 Å². The lowest BCUT2D eigenvalue weighted by Gasteiger charge is -2.40. The van der Waals surface area contributed by atoms with Crippen LogP contribution in [0.25, 0.3) is 0 Å². The highest BCUT2D eigenvalue weighted by atomic mass is 32.2. The number of carbonyl (C=O) groups excluding carboxylic acids is 1. The average Bonchev–Trinajstić information content (AvgIpc) is 3.25. The molecule has 0 unspecified atom stereocenters. The molecule has 29 heavy (non-hydrogen) atoms. The van der Waals surface area contributed by atoms with Crippen molar-refractivity contribution in [1.82, 2.24) is 14.9 Å². The topological polar surface area (TPSA) is 87.7 Å². The molecule has 0 bridgehead atoms. The van der Waals surface area contributed by atoms with Gasteiger partial charge in [-0.25, -0.2) is 13.1 Å². The quantitative estimate of drug-likeness (QED) is 0.660. The molecule has 1 aliphatic heterocycles. The number of rotatable bonds is 8. The molecule has 0 aliphatic carbocycles. The molecule has 0 spiro atoms. The van der Waals surface area contributed by atoms with E-state index < -0.39 is 10.0 Å². The smallest absolute Gasteiger partial charge is 0.251 e. The van der Waals surface area contributed by atoms with Crippen LogP contribution in [0, 0.1) is 0 Å². The molecule has 2 heterocycles. The molecule has 1 aromatic carbocycles. The van der Waals surface area contributed by atoms with Gasteiger partial charge in [-0.1, -0.05) is 12.1 Å². The first-order valence-corrected chi connectivity index (χ1v) is 11.9. The van der Waals surface area contributed by atoms with Crippen molar-refractivity contribution in [1.29, 1.82) is 0 Å². The van der Waals surface area contributed by atoms with Crippen LogP contribution in [0.1, 0.15) is 29.1 Å². The maximum atomic E-state index is 12.6. The Kier molecular flexibility index (Phi) is 7.07. The number of thiophene rings is 1. The predicted molar refractivity (Wildman–Crippen MR) is 114 cm³/mol. The van der Waals surface area contributed by atoms with Crippen LogP contribution >= 0.6 is 11.3 Å². The molecule has 7 nitrogen and oxygen atoms in total. The third-order valence-electron chi connectivity index (χ3n) is 4.97. The summed E-state index contributed by atoms with van der Waals surface area (Å²) < 4.78 is 33.1. The minimum absolute atomic E-state index is 0.0779. The molecular weight excluding hydrogens is 410 g/mol. The first-order chi connectivity index (χ1) is 13.8. The van der Waals surface area contributed by atoms with Crippen molar-refractivity contribution in [3.63, 3.8) is 0 Å². The van der Waals surface area contributed by atoms with E-state index in [-0.39, 0.29) is 22.9 Å². The fourth-order valence-corrected chi connectivity index (χ4v) is 4.93. The van der Waals surface area contributed by atoms with Gasteiger partial charge in [0.2, 0.25) is 10.0 Å². The summed E-state index contributed by atoms with van der Waals surface area (Å²) in [5.41, 5.74) is 0.104. The zero-order valence-electron chi connectivity index (χ0n) is 16.7. The van der Waals surface area contributed by atoms with Gasteiger partial charge in [0.1, 0.15) is 0 Å². The van der Waals surface area contributed by atoms with Gasteiger partial charge in [-0.15, -0.1) is 11.3 Å². The highest BCUT2D eigenvalue weighted by Gasteiger charge is 2.28. The van der Waals surface area contributed by atoms with Crippen molar-refractivity contribution in [2.24, 2.45) is 0 Å². The Hall–Kier alpha value is -1.78. The highest BCUT2D eigenvalue weighted by molar-refractivity contribution is 7.89. The maximum absolute atomic E-state index is 12.6. The van der Waals surface area contributed by atoms with Gasteiger partial charge in [-0.3, -0.25) is 9.69 Å². The van der Waals surface area contributed by atoms with Crippen molar-refractivity contribution >= 4 is 27.3 Å². The van der Waals surface area contributed by atoms with E-state index in [1.807, 2.05) is 17.5 Å². The lowest BCUT2D eigenvalue weighted by molar-refractivity contribution is -0.00923. The fourth-order valence-electron chi connectivity index (χ4n) is 3.15. The number of nitrogens with zero attached hydrogens (tertiary/aromatic N) is 1. The van der Waals surface area contributed by atoms with Gasteiger partial charge >= 0.3 is 0 Å². The number of benzene rings is 1. The van der Waals surface area contributed by atoms with E-state index in [1.165, 1.54) is 23.5 Å². The van der Waals surface area contributed by atoms with Crippen molar-refractivity contribution in [3.8, 4) is 0 Å². The minimum atomic E-state index is -3.70. The van der Waals surface area contributed by atoms with Crippen molar-refractivity contribution < 1.29 is 17.9 Å². The van der Waals surface area contributed by atoms with E-state index in [0.29, 0.717) is 25.3 Å². The van der Waals surface area contributed by atoms with E-state index >= 15 is 0 Å². The van der Waals surface area contributed by atoms with Crippen LogP contribution in [0.5, 0.6) is 0 Å². The van der Waals surface area contributed by atoms with Crippen LogP contribution in [0.4, 0.5) is 0 Å². The van der Waals surface area contributed by atoms with Crippen LogP contribution in [0.15, 0.2) is 46.7 Å². The van der Waals surface area contributed by atoms with E-state index in [0.717, 1.165) is 18.0 Å². The van der Waals surface area contributed by atoms with Crippen LogP contribution in [0.3, 0.4) is 0 Å². The number of sulfonamides is 1. The number of ether oxygens (including phenoxy) is 1. The Bertz CT molecular complexity index is 921. The number of carbonyl (C=O) groups is 1. The van der Waals surface area contributed by atoms with Crippen LogP contribution < -0.4 is 10.0 Å². The third-order valence-corrected chi connectivity index (χ3v) is 7.25. The van der Waals surface area contributed by atoms with Crippen LogP contribution in [-0.2, 0) is 21.3 Å². The second-order valence-corrected chi connectivity index (χ2v) is 10.3. The first-order valence-electron chi connectivity index (χ1n) is 9.51. The number of hydrogen-bond donors (Lipinski definition) is 2. The van der Waals surface area contributed by atoms with Gasteiger partial charge in [-0.05, 0) is 43.5 Å². The lowest BCUT2D eigenvalue weighted by Crippen LogP contribution is -2.55. The highest BCUT2D eigenvalue weighted by Crippen LogP contribution is 2.17. The summed E-state index contributed by atoms with van der Waals surface area (Å²) in [5.74, 6) is -0.290. The van der Waals surface area contributed by atoms with Gasteiger partial charge in [0.15, 0.2) is 0 Å². The molecule has 1 fully saturated rings. The zero-order valence-corrected chi connectivity index (χ0v) is 18.3. The van der Waals surface area contributed by atoms with Gasteiger partial charge in [0, 0.05) is 42.2 Å². The molecular formula is C20H27N3O4S2. The molecule has 1 aromatic heterocycles. The monoisotopic (exact) mass is 437 g/mol. The largest absolute Gasteiger partial charge is 0.379 e. The number of morpholine rings is 1. The summed E-state index contributed by atoms with van der Waals surface area (Å²) in [6.45, 7) is 7.87. The normalized spacial score (nSPS) is 15.9. The molecule has 1 saturated heterocycles. The summed E-state index contributed by atoms with van der Waals surface area (Å²) in [4.78, 5) is 15.9. The second-order valence-electron chi connectivity index (χ2n) is 7.53. The Labute approximate surface area is 176 Å². The Morgan fingerprint density at radius 1 is 1.21 bits per heavy atom. The van der Waals surface area contributed by atoms with E-state index in [9.17, 15) is 13.2 Å². The zero-order chi connectivity index (χ0) is 20.9. The molecule has 1 aliphatic rings. The van der Waals surface area contributed by atoms with Gasteiger partial charge in [0.05, 0.1) is 18.1 Å². The fraction of sp³-hybridized carbons (Fsp3) is 0.450. The molecule has 0 atom stereocenters. The standard InChI is InChI=1S/C20H27N3O4S2/c1-20(2,23-8-10-27-11-9-23)15-21-19(24)16-5-3-7-18(13-16)29(25,26)22-14-17-6-4-12-28-17/h3-7,12-13,22H,8-11,14-15H2,1-2H3,(H,21,24). The summed E-state index contributed by atoms with van der Waals surface area (Å²) in [6, 6.07) is 9.85. The minimum Gasteiger partial charge on any atom is -0.379 e. The molecule has 2 N–H and O–H groups in total. The summed E-state index contributed by atoms with van der Waals surface area (Å²) in [7, 11) is -3.70. The predicted octanol–water partition coefficient (Wildman–Crippen LogP) is 2.07. The summed E-state index contributed by atoms with van der Waals surface area (Å²) >= 11 is 1.48. The van der Waals surface area contributed by atoms with Gasteiger partial charge in [-0.2, -0.15) is 0 Å². The molecule has 1 amide bonds. The molecule has 2 aromatic rings. The Balaban J connectivity index is 1.62. The molecule has 158 valence electrons. The second kappa shape index (κ2) is 9.36. The Morgan fingerprint density at radius 3 is 2.66 bits per heavy atom. The number of nitrogens with one attached hydrogen (secondary N) is 2. The Morgan fingerprint density at radius 2 is 1.97 bits per heavy atom. The van der Waals surface area contributed by atoms with E-state index in [1.54, 1.807) is 12.1 Å². The third kappa shape index (κ3) is 5.86. The lowest BCUT2D eigenvalue weighted by atomic mass is 10.0. The summed E-state index contributed by atoms with van der Waals surface area (Å²) in [6.07, 6.45) is 0. The van der Waals surface area contributed by atoms with Gasteiger partial charge in [0.25, 0.3) is 5.91 Å². The molecule has 9 heteroatoms. The summed E-state index contributed by atoms with van der Waals surface area (Å²) in [5, 5.41) is 4.83. The van der Waals surface area contributed by atoms with Crippen molar-refractivity contribution in [2.75, 3.05) is 32.8 Å². The van der Waals surface area contributed by atoms with E-state index in [2.05, 4.69) is 28.8 Å².